The number of hydrogen-bond donors (Lipinski definition) is 2. The van der Waals surface area contributed by atoms with Crippen molar-refractivity contribution in [3.8, 4) is 17.0 Å². The monoisotopic (exact) mass is 473 g/mol. The molecule has 0 aliphatic heterocycles. The summed E-state index contributed by atoms with van der Waals surface area (Å²) in [5.74, 6) is -0.523. The fraction of sp³-hybridized carbons (Fsp3) is 0.148. The Bertz CT molecular complexity index is 1400. The van der Waals surface area contributed by atoms with Crippen LogP contribution in [0.1, 0.15) is 11.1 Å². The predicted octanol–water partition coefficient (Wildman–Crippen LogP) is 5.85. The van der Waals surface area contributed by atoms with Gasteiger partial charge in [-0.3, -0.25) is 0 Å². The second-order valence-electron chi connectivity index (χ2n) is 7.99. The van der Waals surface area contributed by atoms with Gasteiger partial charge in [-0.1, -0.05) is 6.07 Å². The Kier molecular flexibility index (Phi) is 6.91. The molecule has 3 aromatic carbocycles. The summed E-state index contributed by atoms with van der Waals surface area (Å²) in [6.07, 6.45) is 0. The number of nitrogens with zero attached hydrogens (tertiary/aromatic N) is 1. The van der Waals surface area contributed by atoms with E-state index in [0.717, 1.165) is 11.1 Å². The van der Waals surface area contributed by atoms with Crippen molar-refractivity contribution in [1.29, 1.82) is 0 Å². The Labute approximate surface area is 201 Å². The topological polar surface area (TPSA) is 89.6 Å². The minimum absolute atomic E-state index is 0.302. The normalized spacial score (nSPS) is 10.6. The minimum atomic E-state index is -0.541. The Hall–Kier alpha value is -4.46. The van der Waals surface area contributed by atoms with Gasteiger partial charge in [0.05, 0.1) is 18.3 Å². The van der Waals surface area contributed by atoms with Crippen molar-refractivity contribution in [2.24, 2.45) is 0 Å². The number of anilines is 2. The van der Waals surface area contributed by atoms with Crippen LogP contribution in [0.4, 0.5) is 20.6 Å². The summed E-state index contributed by atoms with van der Waals surface area (Å²) >= 11 is 0. The molecule has 0 fully saturated rings. The van der Waals surface area contributed by atoms with E-state index in [4.69, 9.17) is 4.74 Å². The highest BCUT2D eigenvalue weighted by molar-refractivity contribution is 6.01. The average molecular weight is 474 g/mol. The largest absolute Gasteiger partial charge is 0.481 e. The van der Waals surface area contributed by atoms with Crippen LogP contribution in [0.3, 0.4) is 0 Å². The lowest BCUT2D eigenvalue weighted by Crippen LogP contribution is -2.19. The van der Waals surface area contributed by atoms with Gasteiger partial charge in [0.2, 0.25) is 0 Å². The van der Waals surface area contributed by atoms with E-state index in [9.17, 15) is 14.0 Å². The maximum absolute atomic E-state index is 13.4. The first-order valence-electron chi connectivity index (χ1n) is 10.9. The summed E-state index contributed by atoms with van der Waals surface area (Å²) in [6.45, 7) is 3.68. The van der Waals surface area contributed by atoms with Crippen LogP contribution >= 0.6 is 0 Å². The molecule has 0 spiro atoms. The van der Waals surface area contributed by atoms with Crippen molar-refractivity contribution in [3.63, 3.8) is 0 Å². The van der Waals surface area contributed by atoms with Crippen LogP contribution in [0.15, 0.2) is 66.7 Å². The first-order valence-corrected chi connectivity index (χ1v) is 10.9. The van der Waals surface area contributed by atoms with Gasteiger partial charge in [0.1, 0.15) is 11.6 Å². The highest BCUT2D eigenvalue weighted by Gasteiger charge is 2.13. The van der Waals surface area contributed by atoms with E-state index in [2.05, 4.69) is 20.4 Å². The van der Waals surface area contributed by atoms with Gasteiger partial charge in [-0.25, -0.2) is 19.0 Å². The molecule has 35 heavy (non-hydrogen) atoms. The molecule has 1 aromatic heterocycles. The number of carbonyl (C=O) groups is 2. The molecule has 0 aliphatic rings. The van der Waals surface area contributed by atoms with Gasteiger partial charge >= 0.3 is 12.0 Å². The summed E-state index contributed by atoms with van der Waals surface area (Å²) < 4.78 is 23.8. The molecule has 1 heterocycles. The van der Waals surface area contributed by atoms with Gasteiger partial charge in [-0.15, -0.1) is 0 Å². The smallest absolute Gasteiger partial charge is 0.343 e. The van der Waals surface area contributed by atoms with Gasteiger partial charge in [0, 0.05) is 28.4 Å². The Balaban J connectivity index is 1.64. The van der Waals surface area contributed by atoms with Crippen molar-refractivity contribution < 1.29 is 23.5 Å². The van der Waals surface area contributed by atoms with Crippen molar-refractivity contribution in [2.45, 2.75) is 13.8 Å². The van der Waals surface area contributed by atoms with E-state index in [0.29, 0.717) is 39.3 Å². The van der Waals surface area contributed by atoms with Crippen molar-refractivity contribution >= 4 is 34.3 Å². The number of hydrogen-bond acceptors (Lipinski definition) is 5. The summed E-state index contributed by atoms with van der Waals surface area (Å²) in [5, 5.41) is 6.21. The molecule has 8 heteroatoms. The van der Waals surface area contributed by atoms with E-state index < -0.39 is 12.0 Å². The van der Waals surface area contributed by atoms with Crippen LogP contribution in [0.5, 0.6) is 5.75 Å². The van der Waals surface area contributed by atoms with E-state index in [1.54, 1.807) is 36.4 Å². The van der Waals surface area contributed by atoms with Crippen LogP contribution in [-0.2, 0) is 9.53 Å². The number of methoxy groups -OCH3 is 1. The first-order chi connectivity index (χ1) is 16.8. The Morgan fingerprint density at radius 3 is 2.26 bits per heavy atom. The van der Waals surface area contributed by atoms with Crippen molar-refractivity contribution in [2.75, 3.05) is 24.4 Å². The van der Waals surface area contributed by atoms with Crippen LogP contribution in [0.25, 0.3) is 22.2 Å². The van der Waals surface area contributed by atoms with Crippen LogP contribution in [0, 0.1) is 19.7 Å². The average Bonchev–Trinajstić information content (AvgIpc) is 2.85. The van der Waals surface area contributed by atoms with Crippen LogP contribution in [-0.4, -0.2) is 30.7 Å². The molecule has 2 amide bonds. The lowest BCUT2D eigenvalue weighted by molar-refractivity contribution is -0.142. The quantitative estimate of drug-likeness (QED) is 0.343. The summed E-state index contributed by atoms with van der Waals surface area (Å²) in [5.41, 5.74) is 5.21. The molecule has 0 aliphatic carbocycles. The number of urea groups is 1. The fourth-order valence-corrected chi connectivity index (χ4v) is 3.47. The third-order valence-corrected chi connectivity index (χ3v) is 5.51. The standard InChI is InChI=1S/C27H24FN3O4/c1-16-4-9-20(12-17(16)2)29-27(33)30-21-10-11-23-22(13-21)25(35-15-26(32)34-3)14-24(31-23)18-5-7-19(28)8-6-18/h4-14H,15H2,1-3H3,(H2,29,30,33). The number of halogens is 1. The number of aryl methyl sites for hydroxylation is 2. The lowest BCUT2D eigenvalue weighted by Gasteiger charge is -2.13. The van der Waals surface area contributed by atoms with E-state index >= 15 is 0 Å². The molecular formula is C27H24FN3O4. The molecule has 2 N–H and O–H groups in total. The lowest BCUT2D eigenvalue weighted by atomic mass is 10.1. The number of amides is 2. The van der Waals surface area contributed by atoms with E-state index in [1.807, 2.05) is 32.0 Å². The molecular weight excluding hydrogens is 449 g/mol. The molecule has 0 saturated carbocycles. The Morgan fingerprint density at radius 2 is 1.57 bits per heavy atom. The highest BCUT2D eigenvalue weighted by Crippen LogP contribution is 2.32. The number of ether oxygens (including phenoxy) is 2. The third kappa shape index (κ3) is 5.73. The fourth-order valence-electron chi connectivity index (χ4n) is 3.47. The number of esters is 1. The maximum atomic E-state index is 13.4. The van der Waals surface area contributed by atoms with Gasteiger partial charge in [-0.05, 0) is 79.6 Å². The first kappa shape index (κ1) is 23.7. The number of nitrogens with one attached hydrogen (secondary N) is 2. The van der Waals surface area contributed by atoms with Gasteiger partial charge in [0.25, 0.3) is 0 Å². The van der Waals surface area contributed by atoms with Gasteiger partial charge in [-0.2, -0.15) is 0 Å². The number of fused-ring (bicyclic) bond motifs is 1. The predicted molar refractivity (Wildman–Crippen MR) is 133 cm³/mol. The number of carbonyl (C=O) groups excluding carboxylic acids is 2. The SMILES string of the molecule is COC(=O)COc1cc(-c2ccc(F)cc2)nc2ccc(NC(=O)Nc3ccc(C)c(C)c3)cc12. The molecule has 0 radical (unpaired) electrons. The summed E-state index contributed by atoms with van der Waals surface area (Å²) in [6, 6.07) is 18.0. The maximum Gasteiger partial charge on any atom is 0.343 e. The number of aromatic nitrogens is 1. The van der Waals surface area contributed by atoms with Crippen molar-refractivity contribution in [1.82, 2.24) is 4.98 Å². The molecule has 0 bridgehead atoms. The van der Waals surface area contributed by atoms with Gasteiger partial charge in [0.15, 0.2) is 6.61 Å². The van der Waals surface area contributed by atoms with Gasteiger partial charge < -0.3 is 20.1 Å². The summed E-state index contributed by atoms with van der Waals surface area (Å²) in [7, 11) is 1.27. The van der Waals surface area contributed by atoms with E-state index in [1.165, 1.54) is 19.2 Å². The zero-order chi connectivity index (χ0) is 24.9. The zero-order valence-corrected chi connectivity index (χ0v) is 19.5. The summed E-state index contributed by atoms with van der Waals surface area (Å²) in [4.78, 5) is 28.9. The number of pyridine rings is 1. The molecule has 0 unspecified atom stereocenters. The third-order valence-electron chi connectivity index (χ3n) is 5.51. The molecule has 0 atom stereocenters. The van der Waals surface area contributed by atoms with Crippen molar-refractivity contribution in [3.05, 3.63) is 83.7 Å². The molecule has 178 valence electrons. The molecule has 4 aromatic rings. The molecule has 0 saturated heterocycles. The number of benzene rings is 3. The minimum Gasteiger partial charge on any atom is -0.481 e. The molecule has 4 rings (SSSR count). The second-order valence-corrected chi connectivity index (χ2v) is 7.99. The number of rotatable bonds is 6. The van der Waals surface area contributed by atoms with Crippen LogP contribution in [0.2, 0.25) is 0 Å². The Morgan fingerprint density at radius 1 is 0.886 bits per heavy atom. The van der Waals surface area contributed by atoms with Crippen LogP contribution < -0.4 is 15.4 Å². The highest BCUT2D eigenvalue weighted by atomic mass is 19.1. The zero-order valence-electron chi connectivity index (χ0n) is 19.5. The molecule has 7 nitrogen and oxygen atoms in total. The second kappa shape index (κ2) is 10.2. The van der Waals surface area contributed by atoms with E-state index in [-0.39, 0.29) is 12.4 Å².